The predicted octanol–water partition coefficient (Wildman–Crippen LogP) is 3.31. The van der Waals surface area contributed by atoms with E-state index in [1.807, 2.05) is 0 Å². The van der Waals surface area contributed by atoms with Crippen molar-refractivity contribution in [3.63, 3.8) is 0 Å². The van der Waals surface area contributed by atoms with Crippen LogP contribution in [-0.2, 0) is 14.3 Å². The Morgan fingerprint density at radius 2 is 2.03 bits per heavy atom. The number of rotatable bonds is 8. The molecule has 1 aliphatic rings. The minimum atomic E-state index is -0.590. The van der Waals surface area contributed by atoms with Crippen molar-refractivity contribution in [1.29, 1.82) is 0 Å². The Kier molecular flexibility index (Phi) is 7.52. The molecule has 0 saturated carbocycles. The fourth-order valence-corrected chi connectivity index (χ4v) is 3.42. The van der Waals surface area contributed by atoms with Crippen LogP contribution in [-0.4, -0.2) is 47.5 Å². The number of carbonyl (C=O) groups excluding carboxylic acids is 3. The number of esters is 1. The van der Waals surface area contributed by atoms with Crippen molar-refractivity contribution in [2.75, 3.05) is 19.8 Å². The van der Waals surface area contributed by atoms with Gasteiger partial charge in [-0.2, -0.15) is 0 Å². The third-order valence-electron chi connectivity index (χ3n) is 5.02. The van der Waals surface area contributed by atoms with E-state index in [0.29, 0.717) is 22.7 Å². The maximum atomic E-state index is 12.9. The van der Waals surface area contributed by atoms with Crippen molar-refractivity contribution in [3.8, 4) is 11.3 Å². The Balaban J connectivity index is 1.93. The molecule has 2 amide bonds. The van der Waals surface area contributed by atoms with Crippen LogP contribution in [0.5, 0.6) is 0 Å². The minimum absolute atomic E-state index is 0.0362. The lowest BCUT2D eigenvalue weighted by molar-refractivity contribution is -0.140. The molecule has 9 heteroatoms. The fraction of sp³-hybridized carbons (Fsp3) is 0.208. The topological polar surface area (TPSA) is 123 Å². The summed E-state index contributed by atoms with van der Waals surface area (Å²) < 4.78 is 10.9. The van der Waals surface area contributed by atoms with Gasteiger partial charge in [-0.25, -0.2) is 4.79 Å². The summed E-state index contributed by atoms with van der Waals surface area (Å²) in [7, 11) is 0. The van der Waals surface area contributed by atoms with Gasteiger partial charge < -0.3 is 20.0 Å². The van der Waals surface area contributed by atoms with Crippen LogP contribution in [0.3, 0.4) is 0 Å². The zero-order valence-corrected chi connectivity index (χ0v) is 18.7. The molecule has 0 spiro atoms. The Morgan fingerprint density at radius 1 is 1.27 bits per heavy atom. The zero-order chi connectivity index (χ0) is 24.1. The third-order valence-corrected chi connectivity index (χ3v) is 5.35. The highest BCUT2D eigenvalue weighted by molar-refractivity contribution is 6.33. The number of nitrogens with zero attached hydrogens (tertiary/aromatic N) is 1. The van der Waals surface area contributed by atoms with Crippen LogP contribution in [0.2, 0.25) is 5.02 Å². The average Bonchev–Trinajstić information content (AvgIpc) is 3.28. The van der Waals surface area contributed by atoms with Gasteiger partial charge in [0.25, 0.3) is 11.8 Å². The normalized spacial score (nSPS) is 15.4. The molecule has 0 bridgehead atoms. The van der Waals surface area contributed by atoms with E-state index in [9.17, 15) is 14.4 Å². The Bertz CT molecular complexity index is 1180. The van der Waals surface area contributed by atoms with Gasteiger partial charge in [0.1, 0.15) is 23.8 Å². The van der Waals surface area contributed by atoms with E-state index >= 15 is 0 Å². The molecule has 3 rings (SSSR count). The molecule has 3 N–H and O–H groups in total. The number of benzene rings is 1. The first-order chi connectivity index (χ1) is 15.8. The third kappa shape index (κ3) is 5.08. The molecule has 1 aromatic heterocycles. The number of imide groups is 1. The van der Waals surface area contributed by atoms with Crippen LogP contribution in [0.25, 0.3) is 17.4 Å². The number of furan rings is 1. The summed E-state index contributed by atoms with van der Waals surface area (Å²) >= 11 is 6.13. The molecule has 0 radical (unpaired) electrons. The quantitative estimate of drug-likeness (QED) is 0.262. The summed E-state index contributed by atoms with van der Waals surface area (Å²) in [6.07, 6.45) is 3.20. The lowest BCUT2D eigenvalue weighted by Gasteiger charge is -2.27. The number of nitrogens with two attached hydrogens (primary N) is 1. The van der Waals surface area contributed by atoms with E-state index in [-0.39, 0.29) is 48.0 Å². The highest BCUT2D eigenvalue weighted by Gasteiger charge is 2.33. The van der Waals surface area contributed by atoms with E-state index in [0.717, 1.165) is 4.90 Å². The Hall–Kier alpha value is -3.62. The lowest BCUT2D eigenvalue weighted by atomic mass is 9.98. The van der Waals surface area contributed by atoms with Crippen molar-refractivity contribution in [3.05, 3.63) is 76.2 Å². The number of hydrogen-bond acceptors (Lipinski definition) is 7. The largest absolute Gasteiger partial charge is 0.458 e. The minimum Gasteiger partial charge on any atom is -0.458 e. The summed E-state index contributed by atoms with van der Waals surface area (Å²) in [5.74, 6) is -0.908. The first-order valence-electron chi connectivity index (χ1n) is 10.1. The van der Waals surface area contributed by atoms with E-state index in [1.165, 1.54) is 12.2 Å². The van der Waals surface area contributed by atoms with Gasteiger partial charge in [-0.05, 0) is 55.3 Å². The molecule has 172 valence electrons. The number of halogens is 1. The maximum Gasteiger partial charge on any atom is 0.339 e. The van der Waals surface area contributed by atoms with Crippen molar-refractivity contribution < 1.29 is 28.6 Å². The van der Waals surface area contributed by atoms with Crippen LogP contribution in [0.1, 0.15) is 29.5 Å². The first-order valence-corrected chi connectivity index (χ1v) is 10.5. The molecule has 1 aromatic carbocycles. The lowest BCUT2D eigenvalue weighted by Crippen LogP contribution is -2.45. The van der Waals surface area contributed by atoms with Gasteiger partial charge in [0, 0.05) is 24.3 Å². The summed E-state index contributed by atoms with van der Waals surface area (Å²) in [5.41, 5.74) is 7.21. The van der Waals surface area contributed by atoms with Crippen LogP contribution in [0, 0.1) is 0 Å². The molecule has 2 aromatic rings. The molecule has 0 fully saturated rings. The summed E-state index contributed by atoms with van der Waals surface area (Å²) in [6, 6.07) is 8.13. The number of ether oxygens (including phenoxy) is 1. The smallest absolute Gasteiger partial charge is 0.339 e. The SMILES string of the molecule is C=CCOC(=O)c1cc(-c2ccc(/C=C3/C(=O)N(CCCO)C(=O)C(N)=C3C)o2)ccc1Cl. The second kappa shape index (κ2) is 10.3. The molecule has 1 aliphatic heterocycles. The number of hydrogen-bond donors (Lipinski definition) is 2. The summed E-state index contributed by atoms with van der Waals surface area (Å²) in [5, 5.41) is 9.28. The summed E-state index contributed by atoms with van der Waals surface area (Å²) in [6.45, 7) is 5.04. The number of aliphatic hydroxyl groups is 1. The van der Waals surface area contributed by atoms with Gasteiger partial charge >= 0.3 is 5.97 Å². The molecule has 8 nitrogen and oxygen atoms in total. The number of aliphatic hydroxyl groups excluding tert-OH is 1. The van der Waals surface area contributed by atoms with E-state index in [1.54, 1.807) is 37.3 Å². The van der Waals surface area contributed by atoms with Gasteiger partial charge in [-0.15, -0.1) is 0 Å². The number of amides is 2. The molecule has 0 atom stereocenters. The van der Waals surface area contributed by atoms with Gasteiger partial charge in [0.05, 0.1) is 10.6 Å². The van der Waals surface area contributed by atoms with Gasteiger partial charge in [0.15, 0.2) is 0 Å². The van der Waals surface area contributed by atoms with Crippen LogP contribution < -0.4 is 5.73 Å². The van der Waals surface area contributed by atoms with E-state index < -0.39 is 17.8 Å². The summed E-state index contributed by atoms with van der Waals surface area (Å²) in [4.78, 5) is 38.5. The molecule has 0 saturated heterocycles. The van der Waals surface area contributed by atoms with Crippen molar-refractivity contribution in [2.45, 2.75) is 13.3 Å². The fourth-order valence-electron chi connectivity index (χ4n) is 3.23. The van der Waals surface area contributed by atoms with Crippen LogP contribution in [0.4, 0.5) is 0 Å². The molecule has 33 heavy (non-hydrogen) atoms. The number of carbonyl (C=O) groups is 3. The van der Waals surface area contributed by atoms with Gasteiger partial charge in [-0.3, -0.25) is 14.5 Å². The Morgan fingerprint density at radius 3 is 2.73 bits per heavy atom. The highest BCUT2D eigenvalue weighted by Crippen LogP contribution is 2.30. The van der Waals surface area contributed by atoms with E-state index in [2.05, 4.69) is 6.58 Å². The second-order valence-corrected chi connectivity index (χ2v) is 7.63. The van der Waals surface area contributed by atoms with Gasteiger partial charge in [-0.1, -0.05) is 24.3 Å². The van der Waals surface area contributed by atoms with Crippen molar-refractivity contribution >= 4 is 35.5 Å². The Labute approximate surface area is 195 Å². The predicted molar refractivity (Wildman–Crippen MR) is 123 cm³/mol. The standard InChI is InChI=1S/C24H23ClN2O6/c1-3-11-32-24(31)18-12-15(5-7-19(18)25)20-8-6-16(33-20)13-17-14(2)21(26)23(30)27(22(17)29)9-4-10-28/h3,5-8,12-13,28H,1,4,9-11,26H2,2H3/b17-13+. The second-order valence-electron chi connectivity index (χ2n) is 7.22. The molecular formula is C24H23ClN2O6. The monoisotopic (exact) mass is 470 g/mol. The van der Waals surface area contributed by atoms with Crippen LogP contribution in [0.15, 0.2) is 64.2 Å². The van der Waals surface area contributed by atoms with E-state index in [4.69, 9.17) is 31.6 Å². The molecule has 0 aliphatic carbocycles. The molecule has 0 unspecified atom stereocenters. The average molecular weight is 471 g/mol. The first kappa shape index (κ1) is 24.0. The molecular weight excluding hydrogens is 448 g/mol. The van der Waals surface area contributed by atoms with Crippen LogP contribution >= 0.6 is 11.6 Å². The zero-order valence-electron chi connectivity index (χ0n) is 18.0. The molecule has 2 heterocycles. The van der Waals surface area contributed by atoms with Gasteiger partial charge in [0.2, 0.25) is 0 Å². The maximum absolute atomic E-state index is 12.9. The van der Waals surface area contributed by atoms with Crippen molar-refractivity contribution in [1.82, 2.24) is 4.90 Å². The highest BCUT2D eigenvalue weighted by atomic mass is 35.5. The van der Waals surface area contributed by atoms with Crippen molar-refractivity contribution in [2.24, 2.45) is 5.73 Å².